The zero-order valence-electron chi connectivity index (χ0n) is 14.0. The summed E-state index contributed by atoms with van der Waals surface area (Å²) in [7, 11) is 0. The molecule has 0 saturated heterocycles. The zero-order chi connectivity index (χ0) is 19.4. The molecule has 3 aromatic rings. The highest BCUT2D eigenvalue weighted by Gasteiger charge is 2.15. The van der Waals surface area contributed by atoms with Crippen LogP contribution in [0.4, 0.5) is 10.8 Å². The Bertz CT molecular complexity index is 991. The lowest BCUT2D eigenvalue weighted by atomic mass is 10.1. The van der Waals surface area contributed by atoms with Crippen molar-refractivity contribution >= 4 is 39.7 Å². The van der Waals surface area contributed by atoms with Crippen LogP contribution in [0.3, 0.4) is 0 Å². The molecule has 27 heavy (non-hydrogen) atoms. The number of anilines is 1. The fourth-order valence-corrected chi connectivity index (χ4v) is 2.98. The minimum atomic E-state index is -0.491. The Morgan fingerprint density at radius 3 is 2.67 bits per heavy atom. The maximum atomic E-state index is 12.3. The van der Waals surface area contributed by atoms with Crippen molar-refractivity contribution in [2.45, 2.75) is 13.5 Å². The molecule has 0 spiro atoms. The number of ether oxygens (including phenoxy) is 1. The lowest BCUT2D eigenvalue weighted by Crippen LogP contribution is -2.12. The van der Waals surface area contributed by atoms with Crippen LogP contribution in [0.25, 0.3) is 0 Å². The van der Waals surface area contributed by atoms with Crippen molar-refractivity contribution in [1.29, 1.82) is 0 Å². The second kappa shape index (κ2) is 8.11. The number of nitrogens with one attached hydrogen (secondary N) is 1. The maximum Gasteiger partial charge on any atom is 0.272 e. The minimum Gasteiger partial charge on any atom is -0.486 e. The van der Waals surface area contributed by atoms with Crippen molar-refractivity contribution in [1.82, 2.24) is 10.2 Å². The molecule has 10 heteroatoms. The second-order valence-electron chi connectivity index (χ2n) is 5.46. The SMILES string of the molecule is Cc1cc(C(=O)Nc2nnc(COc3ccc(Cl)cc3)s2)ccc1[N+](=O)[O-]. The normalized spacial score (nSPS) is 10.4. The number of rotatable bonds is 6. The summed E-state index contributed by atoms with van der Waals surface area (Å²) >= 11 is 6.99. The first kappa shape index (κ1) is 18.7. The Morgan fingerprint density at radius 2 is 2.00 bits per heavy atom. The molecule has 3 rings (SSSR count). The molecule has 0 fully saturated rings. The third-order valence-electron chi connectivity index (χ3n) is 3.52. The van der Waals surface area contributed by atoms with Gasteiger partial charge in [-0.3, -0.25) is 20.2 Å². The highest BCUT2D eigenvalue weighted by molar-refractivity contribution is 7.15. The minimum absolute atomic E-state index is 0.0379. The van der Waals surface area contributed by atoms with Crippen LogP contribution in [0.5, 0.6) is 5.75 Å². The molecule has 1 N–H and O–H groups in total. The number of aryl methyl sites for hydroxylation is 1. The number of aromatic nitrogens is 2. The summed E-state index contributed by atoms with van der Waals surface area (Å²) in [5, 5.41) is 22.8. The number of carbonyl (C=O) groups is 1. The number of nitro groups is 1. The van der Waals surface area contributed by atoms with Gasteiger partial charge in [0.1, 0.15) is 12.4 Å². The summed E-state index contributed by atoms with van der Waals surface area (Å²) in [5.41, 5.74) is 0.665. The van der Waals surface area contributed by atoms with Crippen molar-refractivity contribution < 1.29 is 14.5 Å². The molecule has 138 valence electrons. The van der Waals surface area contributed by atoms with E-state index < -0.39 is 10.8 Å². The van der Waals surface area contributed by atoms with Crippen molar-refractivity contribution in [3.8, 4) is 5.75 Å². The van der Waals surface area contributed by atoms with E-state index in [1.807, 2.05) is 0 Å². The van der Waals surface area contributed by atoms with Crippen LogP contribution in [0.15, 0.2) is 42.5 Å². The van der Waals surface area contributed by atoms with Gasteiger partial charge in [0, 0.05) is 22.2 Å². The highest BCUT2D eigenvalue weighted by Crippen LogP contribution is 2.22. The quantitative estimate of drug-likeness (QED) is 0.486. The summed E-state index contributed by atoms with van der Waals surface area (Å²) in [5.74, 6) is 0.218. The monoisotopic (exact) mass is 404 g/mol. The lowest BCUT2D eigenvalue weighted by Gasteiger charge is -2.03. The van der Waals surface area contributed by atoms with Gasteiger partial charge in [-0.2, -0.15) is 0 Å². The summed E-state index contributed by atoms with van der Waals surface area (Å²) in [6.45, 7) is 1.78. The van der Waals surface area contributed by atoms with Gasteiger partial charge in [0.25, 0.3) is 11.6 Å². The van der Waals surface area contributed by atoms with E-state index >= 15 is 0 Å². The Hall–Kier alpha value is -3.04. The van der Waals surface area contributed by atoms with Crippen molar-refractivity contribution in [2.75, 3.05) is 5.32 Å². The molecule has 0 saturated carbocycles. The molecule has 0 bridgehead atoms. The summed E-state index contributed by atoms with van der Waals surface area (Å²) in [4.78, 5) is 22.6. The maximum absolute atomic E-state index is 12.3. The number of amides is 1. The molecule has 1 amide bonds. The second-order valence-corrected chi connectivity index (χ2v) is 6.95. The van der Waals surface area contributed by atoms with Gasteiger partial charge < -0.3 is 4.74 Å². The van der Waals surface area contributed by atoms with Gasteiger partial charge in [0.05, 0.1) is 4.92 Å². The number of nitrogens with zero attached hydrogens (tertiary/aromatic N) is 3. The van der Waals surface area contributed by atoms with Crippen LogP contribution < -0.4 is 10.1 Å². The first-order valence-corrected chi connectivity index (χ1v) is 8.89. The number of hydrogen-bond donors (Lipinski definition) is 1. The van der Waals surface area contributed by atoms with Crippen LogP contribution in [0.2, 0.25) is 5.02 Å². The standard InChI is InChI=1S/C17H13ClN4O4S/c1-10-8-11(2-7-14(10)22(24)25)16(23)19-17-21-20-15(27-17)9-26-13-5-3-12(18)4-6-13/h2-8H,9H2,1H3,(H,19,21,23). The fraction of sp³-hybridized carbons (Fsp3) is 0.118. The lowest BCUT2D eigenvalue weighted by molar-refractivity contribution is -0.385. The van der Waals surface area contributed by atoms with E-state index in [0.29, 0.717) is 32.0 Å². The number of nitro benzene ring substituents is 1. The first-order valence-electron chi connectivity index (χ1n) is 7.69. The molecule has 0 aliphatic heterocycles. The summed E-state index contributed by atoms with van der Waals surface area (Å²) in [6.07, 6.45) is 0. The molecular weight excluding hydrogens is 392 g/mol. The van der Waals surface area contributed by atoms with Gasteiger partial charge in [-0.25, -0.2) is 0 Å². The van der Waals surface area contributed by atoms with Gasteiger partial charge in [0.2, 0.25) is 5.13 Å². The van der Waals surface area contributed by atoms with E-state index in [-0.39, 0.29) is 12.3 Å². The Morgan fingerprint density at radius 1 is 1.26 bits per heavy atom. The van der Waals surface area contributed by atoms with Gasteiger partial charge >= 0.3 is 0 Å². The molecule has 2 aromatic carbocycles. The number of benzene rings is 2. The van der Waals surface area contributed by atoms with Crippen LogP contribution in [-0.2, 0) is 6.61 Å². The highest BCUT2D eigenvalue weighted by atomic mass is 35.5. The average Bonchev–Trinajstić information content (AvgIpc) is 3.08. The molecule has 8 nitrogen and oxygen atoms in total. The Balaban J connectivity index is 1.61. The molecule has 0 unspecified atom stereocenters. The van der Waals surface area contributed by atoms with Crippen LogP contribution >= 0.6 is 22.9 Å². The van der Waals surface area contributed by atoms with Gasteiger partial charge in [-0.1, -0.05) is 22.9 Å². The molecule has 0 aliphatic rings. The van der Waals surface area contributed by atoms with E-state index in [2.05, 4.69) is 15.5 Å². The van der Waals surface area contributed by atoms with Gasteiger partial charge in [0.15, 0.2) is 5.01 Å². The van der Waals surface area contributed by atoms with Crippen molar-refractivity contribution in [2.24, 2.45) is 0 Å². The van der Waals surface area contributed by atoms with E-state index in [1.54, 1.807) is 31.2 Å². The molecular formula is C17H13ClN4O4S. The van der Waals surface area contributed by atoms with Crippen LogP contribution in [0, 0.1) is 17.0 Å². The van der Waals surface area contributed by atoms with E-state index in [1.165, 1.54) is 29.5 Å². The zero-order valence-corrected chi connectivity index (χ0v) is 15.6. The predicted molar refractivity (Wildman–Crippen MR) is 101 cm³/mol. The number of halogens is 1. The summed E-state index contributed by atoms with van der Waals surface area (Å²) in [6, 6.07) is 11.1. The molecule has 0 radical (unpaired) electrons. The Kier molecular flexibility index (Phi) is 5.63. The third kappa shape index (κ3) is 4.78. The largest absolute Gasteiger partial charge is 0.486 e. The number of hydrogen-bond acceptors (Lipinski definition) is 7. The molecule has 0 atom stereocenters. The van der Waals surface area contributed by atoms with E-state index in [9.17, 15) is 14.9 Å². The van der Waals surface area contributed by atoms with Crippen molar-refractivity contribution in [3.05, 3.63) is 73.7 Å². The van der Waals surface area contributed by atoms with Crippen LogP contribution in [0.1, 0.15) is 20.9 Å². The third-order valence-corrected chi connectivity index (χ3v) is 4.58. The Labute approximate surface area is 162 Å². The topological polar surface area (TPSA) is 107 Å². The number of carbonyl (C=O) groups excluding carboxylic acids is 1. The predicted octanol–water partition coefficient (Wildman–Crippen LogP) is 4.24. The average molecular weight is 405 g/mol. The van der Waals surface area contributed by atoms with Crippen LogP contribution in [-0.4, -0.2) is 21.0 Å². The van der Waals surface area contributed by atoms with Gasteiger partial charge in [-0.15, -0.1) is 10.2 Å². The summed E-state index contributed by atoms with van der Waals surface area (Å²) < 4.78 is 5.57. The van der Waals surface area contributed by atoms with E-state index in [0.717, 1.165) is 0 Å². The smallest absolute Gasteiger partial charge is 0.272 e. The molecule has 1 heterocycles. The first-order chi connectivity index (χ1) is 12.9. The van der Waals surface area contributed by atoms with Gasteiger partial charge in [-0.05, 0) is 43.3 Å². The fourth-order valence-electron chi connectivity index (χ4n) is 2.21. The molecule has 0 aliphatic carbocycles. The van der Waals surface area contributed by atoms with Crippen molar-refractivity contribution in [3.63, 3.8) is 0 Å². The molecule has 1 aromatic heterocycles. The van der Waals surface area contributed by atoms with E-state index in [4.69, 9.17) is 16.3 Å².